The molecule has 3 nitrogen and oxygen atoms in total. The van der Waals surface area contributed by atoms with Crippen LogP contribution in [0.1, 0.15) is 50.3 Å². The average Bonchev–Trinajstić information content (AvgIpc) is 2.68. The highest BCUT2D eigenvalue weighted by molar-refractivity contribution is 6.17. The number of hydrogen-bond acceptors (Lipinski definition) is 3. The second kappa shape index (κ2) is 4.97. The predicted molar refractivity (Wildman–Crippen MR) is 59.1 cm³/mol. The lowest BCUT2D eigenvalue weighted by Crippen LogP contribution is -2.11. The van der Waals surface area contributed by atoms with E-state index in [9.17, 15) is 0 Å². The van der Waals surface area contributed by atoms with Gasteiger partial charge in [-0.25, -0.2) is 0 Å². The molecule has 0 unspecified atom stereocenters. The molecule has 1 aliphatic carbocycles. The van der Waals surface area contributed by atoms with Gasteiger partial charge in [-0.05, 0) is 31.6 Å². The van der Waals surface area contributed by atoms with E-state index in [0.717, 1.165) is 11.8 Å². The lowest BCUT2D eigenvalue weighted by atomic mass is 9.83. The van der Waals surface area contributed by atoms with E-state index in [1.165, 1.54) is 25.7 Å². The van der Waals surface area contributed by atoms with Gasteiger partial charge in [-0.1, -0.05) is 6.92 Å². The zero-order valence-corrected chi connectivity index (χ0v) is 9.83. The molecule has 0 saturated heterocycles. The fourth-order valence-corrected chi connectivity index (χ4v) is 2.28. The SMILES string of the molecule is CC1CCC(c2nnc(CCCl)o2)CC1. The van der Waals surface area contributed by atoms with Crippen molar-refractivity contribution >= 4 is 11.6 Å². The summed E-state index contributed by atoms with van der Waals surface area (Å²) >= 11 is 5.62. The zero-order chi connectivity index (χ0) is 10.7. The van der Waals surface area contributed by atoms with Crippen molar-refractivity contribution in [2.75, 3.05) is 5.88 Å². The van der Waals surface area contributed by atoms with E-state index in [1.54, 1.807) is 0 Å². The Kier molecular flexibility index (Phi) is 3.62. The molecule has 0 radical (unpaired) electrons. The van der Waals surface area contributed by atoms with Gasteiger partial charge in [-0.3, -0.25) is 0 Å². The largest absolute Gasteiger partial charge is 0.425 e. The topological polar surface area (TPSA) is 38.9 Å². The van der Waals surface area contributed by atoms with Crippen LogP contribution in [-0.4, -0.2) is 16.1 Å². The normalized spacial score (nSPS) is 26.8. The number of hydrogen-bond donors (Lipinski definition) is 0. The van der Waals surface area contributed by atoms with Gasteiger partial charge < -0.3 is 4.42 Å². The quantitative estimate of drug-likeness (QED) is 0.746. The van der Waals surface area contributed by atoms with Crippen LogP contribution in [-0.2, 0) is 6.42 Å². The van der Waals surface area contributed by atoms with Crippen molar-refractivity contribution in [3.05, 3.63) is 11.8 Å². The molecular formula is C11H17ClN2O. The van der Waals surface area contributed by atoms with Crippen molar-refractivity contribution in [1.29, 1.82) is 0 Å². The summed E-state index contributed by atoms with van der Waals surface area (Å²) in [5.74, 6) is 3.38. The first-order chi connectivity index (χ1) is 7.29. The van der Waals surface area contributed by atoms with Gasteiger partial charge in [0, 0.05) is 18.2 Å². The summed E-state index contributed by atoms with van der Waals surface area (Å²) in [5, 5.41) is 8.11. The summed E-state index contributed by atoms with van der Waals surface area (Å²) in [6.07, 6.45) is 5.60. The standard InChI is InChI=1S/C11H17ClN2O/c1-8-2-4-9(5-3-8)11-14-13-10(15-11)6-7-12/h8-9H,2-7H2,1H3. The first-order valence-electron chi connectivity index (χ1n) is 5.68. The highest BCUT2D eigenvalue weighted by Gasteiger charge is 2.24. The van der Waals surface area contributed by atoms with E-state index in [0.29, 0.717) is 24.1 Å². The molecule has 0 atom stereocenters. The maximum Gasteiger partial charge on any atom is 0.219 e. The summed E-state index contributed by atoms with van der Waals surface area (Å²) in [7, 11) is 0. The van der Waals surface area contributed by atoms with Crippen LogP contribution in [0.5, 0.6) is 0 Å². The maximum absolute atomic E-state index is 5.62. The molecule has 84 valence electrons. The van der Waals surface area contributed by atoms with E-state index >= 15 is 0 Å². The maximum atomic E-state index is 5.62. The fourth-order valence-electron chi connectivity index (χ4n) is 2.12. The third-order valence-electron chi connectivity index (χ3n) is 3.16. The lowest BCUT2D eigenvalue weighted by Gasteiger charge is -2.23. The van der Waals surface area contributed by atoms with Gasteiger partial charge in [0.25, 0.3) is 0 Å². The fraction of sp³-hybridized carbons (Fsp3) is 0.818. The molecule has 0 bridgehead atoms. The van der Waals surface area contributed by atoms with Crippen LogP contribution in [0.2, 0.25) is 0 Å². The molecule has 2 rings (SSSR count). The molecule has 1 aliphatic rings. The Morgan fingerprint density at radius 1 is 1.27 bits per heavy atom. The average molecular weight is 229 g/mol. The third-order valence-corrected chi connectivity index (χ3v) is 3.34. The molecule has 1 heterocycles. The van der Waals surface area contributed by atoms with Crippen LogP contribution in [0.3, 0.4) is 0 Å². The molecule has 0 spiro atoms. The predicted octanol–water partition coefficient (Wildman–Crippen LogP) is 3.14. The van der Waals surface area contributed by atoms with Gasteiger partial charge in [-0.2, -0.15) is 0 Å². The summed E-state index contributed by atoms with van der Waals surface area (Å²) < 4.78 is 5.59. The first-order valence-corrected chi connectivity index (χ1v) is 6.21. The second-order valence-electron chi connectivity index (χ2n) is 4.43. The molecule has 1 aromatic heterocycles. The summed E-state index contributed by atoms with van der Waals surface area (Å²) in [4.78, 5) is 0. The third kappa shape index (κ3) is 2.71. The van der Waals surface area contributed by atoms with Crippen LogP contribution in [0, 0.1) is 5.92 Å². The Labute approximate surface area is 95.2 Å². The van der Waals surface area contributed by atoms with Crippen LogP contribution in [0.25, 0.3) is 0 Å². The zero-order valence-electron chi connectivity index (χ0n) is 9.08. The number of rotatable bonds is 3. The Morgan fingerprint density at radius 2 is 2.00 bits per heavy atom. The highest BCUT2D eigenvalue weighted by atomic mass is 35.5. The molecule has 0 aromatic carbocycles. The number of halogens is 1. The molecule has 1 fully saturated rings. The minimum atomic E-state index is 0.484. The van der Waals surface area contributed by atoms with E-state index in [2.05, 4.69) is 17.1 Å². The lowest BCUT2D eigenvalue weighted by molar-refractivity contribution is 0.302. The van der Waals surface area contributed by atoms with E-state index < -0.39 is 0 Å². The molecular weight excluding hydrogens is 212 g/mol. The first kappa shape index (κ1) is 10.9. The summed E-state index contributed by atoms with van der Waals surface area (Å²) in [6.45, 7) is 2.31. The van der Waals surface area contributed by atoms with Crippen molar-refractivity contribution in [2.24, 2.45) is 5.92 Å². The Hall–Kier alpha value is -0.570. The monoisotopic (exact) mass is 228 g/mol. The molecule has 0 N–H and O–H groups in total. The van der Waals surface area contributed by atoms with Gasteiger partial charge in [0.05, 0.1) is 0 Å². The number of aryl methyl sites for hydroxylation is 1. The van der Waals surface area contributed by atoms with Crippen molar-refractivity contribution in [3.8, 4) is 0 Å². The van der Waals surface area contributed by atoms with Crippen molar-refractivity contribution in [1.82, 2.24) is 10.2 Å². The van der Waals surface area contributed by atoms with Gasteiger partial charge in [0.2, 0.25) is 11.8 Å². The summed E-state index contributed by atoms with van der Waals surface area (Å²) in [5.41, 5.74) is 0. The molecule has 0 amide bonds. The van der Waals surface area contributed by atoms with Crippen molar-refractivity contribution in [3.63, 3.8) is 0 Å². The van der Waals surface area contributed by atoms with Gasteiger partial charge in [0.15, 0.2) is 0 Å². The van der Waals surface area contributed by atoms with Gasteiger partial charge >= 0.3 is 0 Å². The van der Waals surface area contributed by atoms with Crippen LogP contribution in [0.4, 0.5) is 0 Å². The van der Waals surface area contributed by atoms with Gasteiger partial charge in [-0.15, -0.1) is 21.8 Å². The van der Waals surface area contributed by atoms with E-state index in [-0.39, 0.29) is 0 Å². The summed E-state index contributed by atoms with van der Waals surface area (Å²) in [6, 6.07) is 0. The molecule has 4 heteroatoms. The van der Waals surface area contributed by atoms with Crippen molar-refractivity contribution < 1.29 is 4.42 Å². The van der Waals surface area contributed by atoms with E-state index in [1.807, 2.05) is 0 Å². The van der Waals surface area contributed by atoms with Gasteiger partial charge in [0.1, 0.15) is 0 Å². The minimum Gasteiger partial charge on any atom is -0.425 e. The van der Waals surface area contributed by atoms with Crippen LogP contribution in [0.15, 0.2) is 4.42 Å². The second-order valence-corrected chi connectivity index (χ2v) is 4.81. The Balaban J connectivity index is 1.96. The van der Waals surface area contributed by atoms with Crippen LogP contribution < -0.4 is 0 Å². The number of nitrogens with zero attached hydrogens (tertiary/aromatic N) is 2. The smallest absolute Gasteiger partial charge is 0.219 e. The Morgan fingerprint density at radius 3 is 2.67 bits per heavy atom. The van der Waals surface area contributed by atoms with E-state index in [4.69, 9.17) is 16.0 Å². The number of aromatic nitrogens is 2. The van der Waals surface area contributed by atoms with Crippen LogP contribution >= 0.6 is 11.6 Å². The Bertz CT molecular complexity index is 305. The molecule has 1 saturated carbocycles. The number of alkyl halides is 1. The van der Waals surface area contributed by atoms with Crippen molar-refractivity contribution in [2.45, 2.75) is 44.9 Å². The highest BCUT2D eigenvalue weighted by Crippen LogP contribution is 2.34. The minimum absolute atomic E-state index is 0.484. The molecule has 0 aliphatic heterocycles. The molecule has 1 aromatic rings. The molecule has 15 heavy (non-hydrogen) atoms.